The van der Waals surface area contributed by atoms with Crippen molar-refractivity contribution in [2.75, 3.05) is 26.8 Å². The molecule has 1 aliphatic heterocycles. The molecule has 1 aromatic carbocycles. The third kappa shape index (κ3) is 3.97. The number of halogens is 3. The van der Waals surface area contributed by atoms with Crippen molar-refractivity contribution < 1.29 is 35.9 Å². The number of benzene rings is 1. The van der Waals surface area contributed by atoms with Crippen molar-refractivity contribution in [3.63, 3.8) is 0 Å². The number of ether oxygens (including phenoxy) is 2. The maximum Gasteiger partial charge on any atom is 0.411 e. The van der Waals surface area contributed by atoms with Gasteiger partial charge in [-0.3, -0.25) is 4.79 Å². The van der Waals surface area contributed by atoms with Crippen LogP contribution in [-0.2, 0) is 14.8 Å². The van der Waals surface area contributed by atoms with E-state index < -0.39 is 34.8 Å². The minimum Gasteiger partial charge on any atom is -0.496 e. The van der Waals surface area contributed by atoms with Crippen molar-refractivity contribution in [2.24, 2.45) is 5.73 Å². The van der Waals surface area contributed by atoms with Crippen molar-refractivity contribution in [1.29, 1.82) is 0 Å². The van der Waals surface area contributed by atoms with Crippen LogP contribution in [0.2, 0.25) is 0 Å². The number of hydrogen-bond donors (Lipinski definition) is 1. The quantitative estimate of drug-likeness (QED) is 0.799. The lowest BCUT2D eigenvalue weighted by Crippen LogP contribution is -2.55. The Kier molecular flexibility index (Phi) is 5.06. The smallest absolute Gasteiger partial charge is 0.411 e. The Hall–Kier alpha value is -1.85. The molecule has 2 rings (SSSR count). The molecule has 1 aromatic rings. The number of nitrogens with zero attached hydrogens (tertiary/aromatic N) is 1. The van der Waals surface area contributed by atoms with Gasteiger partial charge < -0.3 is 15.2 Å². The molecule has 134 valence electrons. The summed E-state index contributed by atoms with van der Waals surface area (Å²) in [7, 11) is -2.66. The number of amides is 1. The summed E-state index contributed by atoms with van der Waals surface area (Å²) in [6.45, 7) is -1.83. The number of nitrogens with two attached hydrogens (primary N) is 1. The van der Waals surface area contributed by atoms with E-state index in [2.05, 4.69) is 4.74 Å². The molecule has 24 heavy (non-hydrogen) atoms. The molecule has 0 aromatic heterocycles. The summed E-state index contributed by atoms with van der Waals surface area (Å²) in [6, 6.07) is 3.58. The molecule has 1 amide bonds. The fourth-order valence-electron chi connectivity index (χ4n) is 2.10. The average molecular weight is 368 g/mol. The summed E-state index contributed by atoms with van der Waals surface area (Å²) in [5.74, 6) is -0.740. The normalized spacial score (nSPS) is 16.7. The second-order valence-corrected chi connectivity index (χ2v) is 7.03. The number of alkyl halides is 3. The molecular weight excluding hydrogens is 353 g/mol. The third-order valence-electron chi connectivity index (χ3n) is 3.37. The number of rotatable bonds is 6. The van der Waals surface area contributed by atoms with Crippen molar-refractivity contribution in [3.05, 3.63) is 23.8 Å². The number of carbonyl (C=O) groups is 1. The molecule has 0 radical (unpaired) electrons. The molecule has 7 nitrogen and oxygen atoms in total. The van der Waals surface area contributed by atoms with Gasteiger partial charge in [0.2, 0.25) is 10.0 Å². The summed E-state index contributed by atoms with van der Waals surface area (Å²) in [6.07, 6.45) is -5.29. The molecule has 1 saturated heterocycles. The van der Waals surface area contributed by atoms with Crippen LogP contribution in [0.3, 0.4) is 0 Å². The van der Waals surface area contributed by atoms with Gasteiger partial charge in [-0.1, -0.05) is 0 Å². The zero-order chi connectivity index (χ0) is 18.1. The molecule has 0 spiro atoms. The van der Waals surface area contributed by atoms with Crippen LogP contribution < -0.4 is 10.5 Å². The first-order chi connectivity index (χ1) is 11.0. The Morgan fingerprint density at radius 3 is 2.50 bits per heavy atom. The molecule has 1 fully saturated rings. The summed E-state index contributed by atoms with van der Waals surface area (Å²) in [5.41, 5.74) is 5.07. The van der Waals surface area contributed by atoms with Gasteiger partial charge >= 0.3 is 6.18 Å². The zero-order valence-electron chi connectivity index (χ0n) is 12.5. The molecule has 11 heteroatoms. The fraction of sp³-hybridized carbons (Fsp3) is 0.462. The van der Waals surface area contributed by atoms with Crippen LogP contribution in [0.4, 0.5) is 13.2 Å². The van der Waals surface area contributed by atoms with Gasteiger partial charge in [-0.15, -0.1) is 0 Å². The van der Waals surface area contributed by atoms with Crippen molar-refractivity contribution in [3.8, 4) is 5.75 Å². The summed E-state index contributed by atoms with van der Waals surface area (Å²) in [4.78, 5) is 11.1. The third-order valence-corrected chi connectivity index (χ3v) is 5.20. The molecule has 2 N–H and O–H groups in total. The van der Waals surface area contributed by atoms with Crippen LogP contribution in [-0.4, -0.2) is 57.7 Å². The number of carbonyl (C=O) groups excluding carboxylic acids is 1. The van der Waals surface area contributed by atoms with Crippen LogP contribution in [0.5, 0.6) is 5.75 Å². The Morgan fingerprint density at radius 1 is 1.38 bits per heavy atom. The van der Waals surface area contributed by atoms with E-state index >= 15 is 0 Å². The molecule has 0 saturated carbocycles. The Balaban J connectivity index is 2.10. The standard InChI is InChI=1S/C13H15F3N2O5S/c1-22-11-3-2-9(4-10(11)12(17)19)24(20,21)18-5-8(6-18)23-7-13(14,15)16/h2-4,8H,5-7H2,1H3,(H2,17,19). The molecule has 0 atom stereocenters. The fourth-order valence-corrected chi connectivity index (χ4v) is 3.63. The number of methoxy groups -OCH3 is 1. The van der Waals surface area contributed by atoms with E-state index in [-0.39, 0.29) is 29.3 Å². The number of primary amides is 1. The van der Waals surface area contributed by atoms with E-state index in [0.29, 0.717) is 0 Å². The lowest BCUT2D eigenvalue weighted by molar-refractivity contribution is -0.194. The van der Waals surface area contributed by atoms with E-state index in [1.165, 1.54) is 19.2 Å². The summed E-state index contributed by atoms with van der Waals surface area (Å²) in [5, 5.41) is 0. The first-order valence-electron chi connectivity index (χ1n) is 6.71. The van der Waals surface area contributed by atoms with Crippen LogP contribution in [0.25, 0.3) is 0 Å². The van der Waals surface area contributed by atoms with Crippen LogP contribution in [0.15, 0.2) is 23.1 Å². The van der Waals surface area contributed by atoms with E-state index in [1.54, 1.807) is 0 Å². The predicted octanol–water partition coefficient (Wildman–Crippen LogP) is 0.746. The van der Waals surface area contributed by atoms with Crippen molar-refractivity contribution in [2.45, 2.75) is 17.2 Å². The minimum atomic E-state index is -4.47. The molecule has 0 unspecified atom stereocenters. The van der Waals surface area contributed by atoms with Crippen LogP contribution in [0.1, 0.15) is 10.4 Å². The SMILES string of the molecule is COc1ccc(S(=O)(=O)N2CC(OCC(F)(F)F)C2)cc1C(N)=O. The molecular formula is C13H15F3N2O5S. The van der Waals surface area contributed by atoms with Crippen molar-refractivity contribution in [1.82, 2.24) is 4.31 Å². The predicted molar refractivity (Wildman–Crippen MR) is 76.1 cm³/mol. The van der Waals surface area contributed by atoms with Gasteiger partial charge in [0.15, 0.2) is 0 Å². The van der Waals surface area contributed by atoms with Gasteiger partial charge in [0.1, 0.15) is 12.4 Å². The first kappa shape index (κ1) is 18.5. The lowest BCUT2D eigenvalue weighted by atomic mass is 10.2. The van der Waals surface area contributed by atoms with Gasteiger partial charge in [0.25, 0.3) is 5.91 Å². The van der Waals surface area contributed by atoms with E-state index in [4.69, 9.17) is 10.5 Å². The second kappa shape index (κ2) is 6.57. The van der Waals surface area contributed by atoms with Gasteiger partial charge in [-0.25, -0.2) is 8.42 Å². The topological polar surface area (TPSA) is 98.9 Å². The number of sulfonamides is 1. The van der Waals surface area contributed by atoms with E-state index in [0.717, 1.165) is 10.4 Å². The summed E-state index contributed by atoms with van der Waals surface area (Å²) < 4.78 is 71.4. The van der Waals surface area contributed by atoms with Gasteiger partial charge in [0.05, 0.1) is 23.7 Å². The zero-order valence-corrected chi connectivity index (χ0v) is 13.4. The van der Waals surface area contributed by atoms with Gasteiger partial charge in [-0.05, 0) is 18.2 Å². The lowest BCUT2D eigenvalue weighted by Gasteiger charge is -2.37. The Bertz CT molecular complexity index is 730. The number of hydrogen-bond acceptors (Lipinski definition) is 5. The Morgan fingerprint density at radius 2 is 2.00 bits per heavy atom. The van der Waals surface area contributed by atoms with Crippen molar-refractivity contribution >= 4 is 15.9 Å². The summed E-state index contributed by atoms with van der Waals surface area (Å²) >= 11 is 0. The largest absolute Gasteiger partial charge is 0.496 e. The van der Waals surface area contributed by atoms with Crippen LogP contribution >= 0.6 is 0 Å². The van der Waals surface area contributed by atoms with E-state index in [9.17, 15) is 26.4 Å². The van der Waals surface area contributed by atoms with Gasteiger partial charge in [0, 0.05) is 13.1 Å². The molecule has 0 bridgehead atoms. The first-order valence-corrected chi connectivity index (χ1v) is 8.15. The van der Waals surface area contributed by atoms with Crippen LogP contribution in [0, 0.1) is 0 Å². The Labute approximate surface area is 136 Å². The molecule has 1 heterocycles. The maximum absolute atomic E-state index is 12.4. The minimum absolute atomic E-state index is 0.107. The maximum atomic E-state index is 12.4. The highest BCUT2D eigenvalue weighted by Crippen LogP contribution is 2.28. The second-order valence-electron chi connectivity index (χ2n) is 5.10. The molecule has 0 aliphatic carbocycles. The highest BCUT2D eigenvalue weighted by atomic mass is 32.2. The molecule has 1 aliphatic rings. The average Bonchev–Trinajstić information content (AvgIpc) is 2.43. The van der Waals surface area contributed by atoms with E-state index in [1.807, 2.05) is 0 Å². The monoisotopic (exact) mass is 368 g/mol. The highest BCUT2D eigenvalue weighted by Gasteiger charge is 2.40. The highest BCUT2D eigenvalue weighted by molar-refractivity contribution is 7.89. The van der Waals surface area contributed by atoms with Gasteiger partial charge in [-0.2, -0.15) is 17.5 Å².